The van der Waals surface area contributed by atoms with Crippen molar-refractivity contribution in [3.8, 4) is 0 Å². The van der Waals surface area contributed by atoms with Crippen molar-refractivity contribution >= 4 is 25.0 Å². The number of hydrogen-bond donors (Lipinski definition) is 3. The molecule has 0 aliphatic rings. The molecule has 5 nitrogen and oxygen atoms in total. The highest BCUT2D eigenvalue weighted by molar-refractivity contribution is 7.80. The lowest BCUT2D eigenvalue weighted by Gasteiger charge is -1.95. The van der Waals surface area contributed by atoms with Crippen LogP contribution in [0.5, 0.6) is 0 Å². The number of carboxylic acids is 1. The molecule has 0 bridgehead atoms. The van der Waals surface area contributed by atoms with Crippen molar-refractivity contribution in [2.24, 2.45) is 0 Å². The van der Waals surface area contributed by atoms with E-state index in [4.69, 9.17) is 5.11 Å². The van der Waals surface area contributed by atoms with Gasteiger partial charge in [-0.1, -0.05) is 12.1 Å². The molecule has 1 aromatic carbocycles. The van der Waals surface area contributed by atoms with Gasteiger partial charge in [0.2, 0.25) is 6.41 Å². The van der Waals surface area contributed by atoms with Crippen molar-refractivity contribution in [3.63, 3.8) is 0 Å². The first-order chi connectivity index (χ1) is 6.99. The van der Waals surface area contributed by atoms with Gasteiger partial charge in [0.05, 0.1) is 5.56 Å². The fraction of sp³-hybridized carbons (Fsp3) is 0.200. The summed E-state index contributed by atoms with van der Waals surface area (Å²) in [7, 11) is 3.38. The van der Waals surface area contributed by atoms with Gasteiger partial charge in [-0.05, 0) is 12.1 Å². The summed E-state index contributed by atoms with van der Waals surface area (Å²) < 4.78 is 0. The van der Waals surface area contributed by atoms with Crippen LogP contribution in [0.1, 0.15) is 10.4 Å². The van der Waals surface area contributed by atoms with Gasteiger partial charge in [0, 0.05) is 19.0 Å². The molecule has 1 rings (SSSR count). The van der Waals surface area contributed by atoms with Crippen molar-refractivity contribution in [3.05, 3.63) is 29.8 Å². The van der Waals surface area contributed by atoms with E-state index in [1.165, 1.54) is 11.0 Å². The molecule has 0 atom stereocenters. The van der Waals surface area contributed by atoms with E-state index in [0.717, 1.165) is 6.41 Å². The fourth-order valence-corrected chi connectivity index (χ4v) is 0.911. The first kappa shape index (κ1) is 16.9. The summed E-state index contributed by atoms with van der Waals surface area (Å²) in [5.41, 5.74) is 0.242. The average Bonchev–Trinajstić information content (AvgIpc) is 2.19. The molecular formula is C10H16N2O3S. The Morgan fingerprint density at radius 3 is 2.06 bits per heavy atom. The third-order valence-electron chi connectivity index (χ3n) is 1.35. The summed E-state index contributed by atoms with van der Waals surface area (Å²) in [5.74, 6) is -0.939. The molecule has 0 fully saturated rings. The second kappa shape index (κ2) is 8.75. The number of carbonyl (C=O) groups excluding carboxylic acids is 1. The molecule has 0 saturated carbocycles. The van der Waals surface area contributed by atoms with Crippen molar-refractivity contribution in [1.29, 1.82) is 0 Å². The molecule has 0 aromatic heterocycles. The zero-order valence-corrected chi connectivity index (χ0v) is 10.1. The smallest absolute Gasteiger partial charge is 0.336 e. The van der Waals surface area contributed by atoms with E-state index >= 15 is 0 Å². The largest absolute Gasteiger partial charge is 0.478 e. The van der Waals surface area contributed by atoms with Crippen LogP contribution >= 0.6 is 12.6 Å². The molecule has 4 N–H and O–H groups in total. The van der Waals surface area contributed by atoms with Gasteiger partial charge in [0.15, 0.2) is 0 Å². The molecular weight excluding hydrogens is 228 g/mol. The van der Waals surface area contributed by atoms with E-state index in [1.54, 1.807) is 32.3 Å². The second-order valence-electron chi connectivity index (χ2n) is 2.89. The molecule has 1 amide bonds. The summed E-state index contributed by atoms with van der Waals surface area (Å²) in [5, 5.41) is 8.52. The van der Waals surface area contributed by atoms with Gasteiger partial charge < -0.3 is 16.2 Å². The standard InChI is InChI=1S/C7H6O2S.C3H7NO.H3N/c8-7(9)5-3-1-2-4-6(5)10;1-4(2)3-5;/h1-4,10H,(H,8,9);3H,1-2H3;1H3. The van der Waals surface area contributed by atoms with Crippen molar-refractivity contribution in [2.75, 3.05) is 14.1 Å². The highest BCUT2D eigenvalue weighted by atomic mass is 32.1. The van der Waals surface area contributed by atoms with Gasteiger partial charge in [-0.25, -0.2) is 4.79 Å². The number of amides is 1. The van der Waals surface area contributed by atoms with Crippen molar-refractivity contribution < 1.29 is 14.7 Å². The lowest BCUT2D eigenvalue weighted by molar-refractivity contribution is -0.115. The van der Waals surface area contributed by atoms with Gasteiger partial charge >= 0.3 is 5.97 Å². The molecule has 0 heterocycles. The van der Waals surface area contributed by atoms with E-state index in [0.29, 0.717) is 4.90 Å². The third kappa shape index (κ3) is 6.86. The minimum absolute atomic E-state index is 0. The predicted molar refractivity (Wildman–Crippen MR) is 65.4 cm³/mol. The normalized spacial score (nSPS) is 7.94. The molecule has 16 heavy (non-hydrogen) atoms. The minimum atomic E-state index is -0.939. The van der Waals surface area contributed by atoms with E-state index in [2.05, 4.69) is 12.6 Å². The Labute approximate surface area is 100 Å². The Bertz CT molecular complexity index is 343. The number of hydrogen-bond acceptors (Lipinski definition) is 4. The summed E-state index contributed by atoms with van der Waals surface area (Å²) in [6, 6.07) is 6.58. The average molecular weight is 244 g/mol. The molecule has 0 aliphatic carbocycles. The van der Waals surface area contributed by atoms with Crippen molar-refractivity contribution in [2.45, 2.75) is 4.90 Å². The maximum atomic E-state index is 10.4. The van der Waals surface area contributed by atoms with Gasteiger partial charge in [-0.3, -0.25) is 4.79 Å². The Morgan fingerprint density at radius 2 is 1.81 bits per heavy atom. The lowest BCUT2D eigenvalue weighted by atomic mass is 10.2. The number of benzene rings is 1. The van der Waals surface area contributed by atoms with Crippen LogP contribution in [-0.2, 0) is 4.79 Å². The maximum Gasteiger partial charge on any atom is 0.336 e. The first-order valence-electron chi connectivity index (χ1n) is 4.12. The van der Waals surface area contributed by atoms with Crippen LogP contribution in [0.15, 0.2) is 29.2 Å². The lowest BCUT2D eigenvalue weighted by Crippen LogP contribution is -2.06. The predicted octanol–water partition coefficient (Wildman–Crippen LogP) is 1.54. The monoisotopic (exact) mass is 244 g/mol. The van der Waals surface area contributed by atoms with E-state index in [1.807, 2.05) is 0 Å². The summed E-state index contributed by atoms with van der Waals surface area (Å²) in [6.45, 7) is 0. The highest BCUT2D eigenvalue weighted by Gasteiger charge is 2.03. The first-order valence-corrected chi connectivity index (χ1v) is 4.56. The van der Waals surface area contributed by atoms with E-state index in [-0.39, 0.29) is 11.7 Å². The number of nitrogens with zero attached hydrogens (tertiary/aromatic N) is 1. The zero-order chi connectivity index (χ0) is 11.8. The second-order valence-corrected chi connectivity index (χ2v) is 3.37. The zero-order valence-electron chi connectivity index (χ0n) is 9.25. The van der Waals surface area contributed by atoms with Gasteiger partial charge in [-0.15, -0.1) is 12.6 Å². The Balaban J connectivity index is 0. The molecule has 6 heteroatoms. The van der Waals surface area contributed by atoms with Gasteiger partial charge in [0.25, 0.3) is 0 Å². The number of rotatable bonds is 2. The quantitative estimate of drug-likeness (QED) is 0.543. The summed E-state index contributed by atoms with van der Waals surface area (Å²) in [6.07, 6.45) is 0.750. The van der Waals surface area contributed by atoms with Crippen LogP contribution in [0.4, 0.5) is 0 Å². The van der Waals surface area contributed by atoms with Crippen LogP contribution < -0.4 is 6.15 Å². The maximum absolute atomic E-state index is 10.4. The SMILES string of the molecule is CN(C)C=O.N.O=C(O)c1ccccc1S. The van der Waals surface area contributed by atoms with Gasteiger partial charge in [0.1, 0.15) is 0 Å². The minimum Gasteiger partial charge on any atom is -0.478 e. The van der Waals surface area contributed by atoms with Crippen molar-refractivity contribution in [1.82, 2.24) is 11.1 Å². The number of thiol groups is 1. The summed E-state index contributed by atoms with van der Waals surface area (Å²) >= 11 is 3.96. The molecule has 0 saturated heterocycles. The van der Waals surface area contributed by atoms with Crippen LogP contribution in [-0.4, -0.2) is 36.5 Å². The summed E-state index contributed by atoms with van der Waals surface area (Å²) in [4.78, 5) is 21.7. The van der Waals surface area contributed by atoms with Crippen LogP contribution in [0.25, 0.3) is 0 Å². The van der Waals surface area contributed by atoms with E-state index in [9.17, 15) is 9.59 Å². The Kier molecular flexibility index (Phi) is 9.24. The van der Waals surface area contributed by atoms with Crippen LogP contribution in [0.2, 0.25) is 0 Å². The van der Waals surface area contributed by atoms with E-state index < -0.39 is 5.97 Å². The molecule has 0 radical (unpaired) electrons. The highest BCUT2D eigenvalue weighted by Crippen LogP contribution is 2.11. The molecule has 0 spiro atoms. The number of carbonyl (C=O) groups is 2. The number of carboxylic acid groups (broad SMARTS) is 1. The number of aromatic carboxylic acids is 1. The topological polar surface area (TPSA) is 92.6 Å². The van der Waals surface area contributed by atoms with Crippen LogP contribution in [0, 0.1) is 0 Å². The molecule has 0 unspecified atom stereocenters. The third-order valence-corrected chi connectivity index (χ3v) is 1.74. The molecule has 90 valence electrons. The Morgan fingerprint density at radius 1 is 1.38 bits per heavy atom. The van der Waals surface area contributed by atoms with Crippen LogP contribution in [0.3, 0.4) is 0 Å². The molecule has 1 aromatic rings. The van der Waals surface area contributed by atoms with Gasteiger partial charge in [-0.2, -0.15) is 0 Å². The molecule has 0 aliphatic heterocycles. The Hall–Kier alpha value is -1.53. The fourth-order valence-electron chi connectivity index (χ4n) is 0.654.